The fourth-order valence-electron chi connectivity index (χ4n) is 6.03. The third-order valence-corrected chi connectivity index (χ3v) is 8.40. The maximum Gasteiger partial charge on any atom is 0.140 e. The Bertz CT molecular complexity index is 1810. The Kier molecular flexibility index (Phi) is 7.39. The number of benzene rings is 3. The molecule has 1 aliphatic heterocycles. The predicted octanol–water partition coefficient (Wildman–Crippen LogP) is 9.50. The monoisotopic (exact) mass is 735 g/mol. The van der Waals surface area contributed by atoms with E-state index >= 15 is 0 Å². The maximum absolute atomic E-state index is 10.8. The molecule has 1 aliphatic rings. The Hall–Kier alpha value is -3.49. The minimum Gasteiger partial charge on any atom is -0.506 e. The molecule has 0 spiro atoms. The molecule has 4 nitrogen and oxygen atoms in total. The first-order chi connectivity index (χ1) is 19.3. The second-order valence-electron chi connectivity index (χ2n) is 13.7. The summed E-state index contributed by atoms with van der Waals surface area (Å²) in [5.41, 5.74) is 8.85. The van der Waals surface area contributed by atoms with E-state index in [2.05, 4.69) is 121 Å². The number of aromatic hydroxyl groups is 1. The number of hydrogen-bond acceptors (Lipinski definition) is 4. The van der Waals surface area contributed by atoms with E-state index in [1.54, 1.807) is 6.07 Å². The summed E-state index contributed by atoms with van der Waals surface area (Å²) in [6.45, 7) is 17.8. The van der Waals surface area contributed by atoms with E-state index in [-0.39, 0.29) is 43.1 Å². The van der Waals surface area contributed by atoms with Crippen LogP contribution >= 0.6 is 0 Å². The van der Waals surface area contributed by atoms with Gasteiger partial charge in [-0.05, 0) is 68.6 Å². The molecule has 0 aliphatic carbocycles. The van der Waals surface area contributed by atoms with Crippen molar-refractivity contribution in [2.75, 3.05) is 4.90 Å². The summed E-state index contributed by atoms with van der Waals surface area (Å²) in [6, 6.07) is 28.8. The van der Waals surface area contributed by atoms with Crippen molar-refractivity contribution in [3.8, 4) is 17.0 Å². The smallest absolute Gasteiger partial charge is 0.140 e. The Labute approximate surface area is 264 Å². The number of phenolic OH excluding ortho intramolecular Hbond substituents is 1. The van der Waals surface area contributed by atoms with Gasteiger partial charge in [-0.2, -0.15) is 0 Å². The minimum absolute atomic E-state index is 0. The van der Waals surface area contributed by atoms with Gasteiger partial charge in [0.2, 0.25) is 0 Å². The molecule has 218 valence electrons. The Balaban J connectivity index is 0.00000353. The van der Waals surface area contributed by atoms with Crippen LogP contribution in [0.5, 0.6) is 5.75 Å². The molecule has 5 aromatic rings. The van der Waals surface area contributed by atoms with Crippen molar-refractivity contribution in [1.82, 2.24) is 9.97 Å². The zero-order chi connectivity index (χ0) is 29.3. The van der Waals surface area contributed by atoms with E-state index in [1.165, 1.54) is 16.7 Å². The molecule has 1 N–H and O–H groups in total. The number of phenols is 1. The molecule has 2 aromatic heterocycles. The van der Waals surface area contributed by atoms with Crippen LogP contribution in [0.3, 0.4) is 0 Å². The van der Waals surface area contributed by atoms with Crippen LogP contribution in [-0.4, -0.2) is 15.1 Å². The summed E-state index contributed by atoms with van der Waals surface area (Å²) in [5.74, 6) is 1.06. The summed E-state index contributed by atoms with van der Waals surface area (Å²) in [4.78, 5) is 12.1. The molecular formula is C37H38N3OPt-. The van der Waals surface area contributed by atoms with Gasteiger partial charge in [0, 0.05) is 38.3 Å². The molecule has 0 fully saturated rings. The third-order valence-electron chi connectivity index (χ3n) is 8.40. The summed E-state index contributed by atoms with van der Waals surface area (Å²) in [5, 5.41) is 11.8. The summed E-state index contributed by atoms with van der Waals surface area (Å²) in [6.07, 6.45) is 1.91. The number of nitrogens with zero attached hydrogens (tertiary/aromatic N) is 3. The molecule has 5 heteroatoms. The van der Waals surface area contributed by atoms with Gasteiger partial charge in [-0.3, -0.25) is 4.98 Å². The van der Waals surface area contributed by atoms with Crippen LogP contribution in [-0.2, 0) is 37.3 Å². The quantitative estimate of drug-likeness (QED) is 0.184. The van der Waals surface area contributed by atoms with Crippen LogP contribution in [0.25, 0.3) is 22.2 Å². The van der Waals surface area contributed by atoms with E-state index in [9.17, 15) is 5.11 Å². The van der Waals surface area contributed by atoms with Crippen LogP contribution in [0.15, 0.2) is 79.0 Å². The molecule has 0 atom stereocenters. The van der Waals surface area contributed by atoms with Crippen molar-refractivity contribution in [3.63, 3.8) is 0 Å². The van der Waals surface area contributed by atoms with Gasteiger partial charge < -0.3 is 10.0 Å². The van der Waals surface area contributed by atoms with Gasteiger partial charge in [0.25, 0.3) is 0 Å². The van der Waals surface area contributed by atoms with Crippen LogP contribution in [0.2, 0.25) is 0 Å². The zero-order valence-corrected chi connectivity index (χ0v) is 27.9. The van der Waals surface area contributed by atoms with Gasteiger partial charge in [-0.25, -0.2) is 4.98 Å². The molecule has 6 rings (SSSR count). The van der Waals surface area contributed by atoms with Crippen LogP contribution < -0.4 is 4.90 Å². The fourth-order valence-corrected chi connectivity index (χ4v) is 6.03. The first-order valence-electron chi connectivity index (χ1n) is 14.3. The molecular weight excluding hydrogens is 698 g/mol. The number of anilines is 3. The number of para-hydroxylation sites is 1. The van der Waals surface area contributed by atoms with Gasteiger partial charge in [0.1, 0.15) is 17.1 Å². The number of aromatic nitrogens is 2. The molecule has 0 unspecified atom stereocenters. The summed E-state index contributed by atoms with van der Waals surface area (Å²) >= 11 is 0. The summed E-state index contributed by atoms with van der Waals surface area (Å²) < 4.78 is 0. The third kappa shape index (κ3) is 4.94. The van der Waals surface area contributed by atoms with Crippen molar-refractivity contribution in [1.29, 1.82) is 0 Å². The average Bonchev–Trinajstić information content (AvgIpc) is 2.92. The first-order valence-corrected chi connectivity index (χ1v) is 14.3. The van der Waals surface area contributed by atoms with Gasteiger partial charge >= 0.3 is 0 Å². The van der Waals surface area contributed by atoms with E-state index in [1.807, 2.05) is 18.3 Å². The first kappa shape index (κ1) is 30.0. The van der Waals surface area contributed by atoms with Crippen molar-refractivity contribution in [3.05, 3.63) is 107 Å². The van der Waals surface area contributed by atoms with Gasteiger partial charge in [0.15, 0.2) is 0 Å². The van der Waals surface area contributed by atoms with Gasteiger partial charge in [0.05, 0.1) is 0 Å². The molecule has 0 radical (unpaired) electrons. The van der Waals surface area contributed by atoms with Crippen molar-refractivity contribution in [2.24, 2.45) is 0 Å². The molecule has 0 amide bonds. The average molecular weight is 736 g/mol. The molecule has 0 bridgehead atoms. The van der Waals surface area contributed by atoms with Crippen LogP contribution in [0, 0.1) is 6.07 Å². The van der Waals surface area contributed by atoms with E-state index in [4.69, 9.17) is 9.97 Å². The zero-order valence-electron chi connectivity index (χ0n) is 25.6. The van der Waals surface area contributed by atoms with Crippen LogP contribution in [0.4, 0.5) is 17.2 Å². The van der Waals surface area contributed by atoms with Crippen molar-refractivity contribution < 1.29 is 26.2 Å². The standard InChI is InChI=1S/C37H38N3O.Pt/c1-35(2,3)24-19-20-38-33(22-24)40-30-12-10-9-11-27(30)37(7,8)28-15-13-23(21-31(28)40)29-17-14-25-26(36(4,5)6)16-18-32(41)34(25)39-29;/h9-20,22,41H,1-8H3;/q-1;. The topological polar surface area (TPSA) is 49.2 Å². The second-order valence-corrected chi connectivity index (χ2v) is 13.7. The van der Waals surface area contributed by atoms with Crippen molar-refractivity contribution >= 4 is 28.1 Å². The summed E-state index contributed by atoms with van der Waals surface area (Å²) in [7, 11) is 0. The van der Waals surface area contributed by atoms with Gasteiger partial charge in [-0.15, -0.1) is 23.8 Å². The van der Waals surface area contributed by atoms with E-state index in [0.29, 0.717) is 5.52 Å². The van der Waals surface area contributed by atoms with E-state index in [0.717, 1.165) is 39.4 Å². The largest absolute Gasteiger partial charge is 0.506 e. The molecule has 3 heterocycles. The number of pyridine rings is 2. The number of rotatable bonds is 2. The van der Waals surface area contributed by atoms with Crippen molar-refractivity contribution in [2.45, 2.75) is 71.6 Å². The molecule has 0 saturated heterocycles. The second kappa shape index (κ2) is 10.3. The normalized spacial score (nSPS) is 14.2. The predicted molar refractivity (Wildman–Crippen MR) is 170 cm³/mol. The molecule has 0 saturated carbocycles. The SMILES string of the molecule is CC(C)(C)c1ccnc(N2c3[c-]c(-c4ccc5c(C(C)(C)C)ccc(O)c5n4)ccc3C(C)(C)c3ccccc32)c1.[Pt]. The van der Waals surface area contributed by atoms with Gasteiger partial charge in [-0.1, -0.05) is 97.4 Å². The Morgan fingerprint density at radius 2 is 1.55 bits per heavy atom. The minimum atomic E-state index is -0.226. The molecule has 42 heavy (non-hydrogen) atoms. The molecule has 3 aromatic carbocycles. The van der Waals surface area contributed by atoms with E-state index < -0.39 is 0 Å². The van der Waals surface area contributed by atoms with Crippen LogP contribution in [0.1, 0.15) is 77.6 Å². The fraction of sp³-hybridized carbons (Fsp3) is 0.297. The Morgan fingerprint density at radius 3 is 2.26 bits per heavy atom. The number of hydrogen-bond donors (Lipinski definition) is 1. The number of fused-ring (bicyclic) bond motifs is 3. The maximum atomic E-state index is 10.8. The Morgan fingerprint density at radius 1 is 0.810 bits per heavy atom.